The Labute approximate surface area is 119 Å². The van der Waals surface area contributed by atoms with Gasteiger partial charge in [-0.15, -0.1) is 0 Å². The molecule has 0 atom stereocenters. The molecule has 0 fully saturated rings. The Balaban J connectivity index is 4.20. The molecule has 5 heteroatoms. The Morgan fingerprint density at radius 2 is 1.00 bits per heavy atom. The van der Waals surface area contributed by atoms with E-state index in [0.717, 1.165) is 38.5 Å². The van der Waals surface area contributed by atoms with Gasteiger partial charge in [0.2, 0.25) is 0 Å². The summed E-state index contributed by atoms with van der Waals surface area (Å²) in [4.78, 5) is 0. The number of hydrogen-bond acceptors (Lipinski definition) is 4. The van der Waals surface area contributed by atoms with Crippen LogP contribution < -0.4 is 0 Å². The van der Waals surface area contributed by atoms with Crippen molar-refractivity contribution in [2.24, 2.45) is 0 Å². The molecule has 0 radical (unpaired) electrons. The Morgan fingerprint density at radius 1 is 0.667 bits per heavy atom. The van der Waals surface area contributed by atoms with Gasteiger partial charge in [-0.2, -0.15) is 0 Å². The van der Waals surface area contributed by atoms with Crippen LogP contribution in [0.4, 0.5) is 0 Å². The average molecular weight is 429 g/mol. The summed E-state index contributed by atoms with van der Waals surface area (Å²) in [6.07, 6.45) is 6.41. The molecule has 0 saturated heterocycles. The maximum atomic E-state index is 5.87. The Bertz CT molecular complexity index is 152. The Hall–Kier alpha value is 0.710. The number of unbranched alkanes of at least 4 members (excludes halogenated alkanes) is 3. The van der Waals surface area contributed by atoms with Crippen LogP contribution in [0.1, 0.15) is 59.3 Å². The van der Waals surface area contributed by atoms with Gasteiger partial charge in [-0.05, 0) is 0 Å². The quantitative estimate of drug-likeness (QED) is 0.329. The first kappa shape index (κ1) is 18.7. The summed E-state index contributed by atoms with van der Waals surface area (Å²) >= 11 is -3.83. The molecule has 0 aliphatic carbocycles. The van der Waals surface area contributed by atoms with Crippen LogP contribution in [0.5, 0.6) is 0 Å². The predicted octanol–water partition coefficient (Wildman–Crippen LogP) is 3.90. The Kier molecular flexibility index (Phi) is 13.2. The van der Waals surface area contributed by atoms with Crippen molar-refractivity contribution in [3.63, 3.8) is 0 Å². The summed E-state index contributed by atoms with van der Waals surface area (Å²) in [6, 6.07) is 0. The molecule has 0 amide bonds. The van der Waals surface area contributed by atoms with E-state index in [1.165, 1.54) is 0 Å². The van der Waals surface area contributed by atoms with Gasteiger partial charge in [0.25, 0.3) is 0 Å². The molecular formula is C13H30HfO4. The molecule has 0 aromatic carbocycles. The summed E-state index contributed by atoms with van der Waals surface area (Å²) in [5.41, 5.74) is 0. The van der Waals surface area contributed by atoms with Gasteiger partial charge < -0.3 is 0 Å². The average Bonchev–Trinajstić information content (AvgIpc) is 2.39. The molecule has 0 aromatic rings. The zero-order chi connectivity index (χ0) is 13.7. The third-order valence-electron chi connectivity index (χ3n) is 2.58. The Morgan fingerprint density at radius 3 is 1.22 bits per heavy atom. The van der Waals surface area contributed by atoms with E-state index < -0.39 is 21.7 Å². The van der Waals surface area contributed by atoms with Crippen molar-refractivity contribution in [2.45, 2.75) is 59.3 Å². The van der Waals surface area contributed by atoms with E-state index in [1.54, 1.807) is 7.11 Å². The summed E-state index contributed by atoms with van der Waals surface area (Å²) in [5, 5.41) is 0. The first-order chi connectivity index (χ1) is 8.74. The molecule has 18 heavy (non-hydrogen) atoms. The van der Waals surface area contributed by atoms with Crippen molar-refractivity contribution in [1.29, 1.82) is 0 Å². The second-order valence-electron chi connectivity index (χ2n) is 4.31. The van der Waals surface area contributed by atoms with Crippen LogP contribution in [0.25, 0.3) is 0 Å². The summed E-state index contributed by atoms with van der Waals surface area (Å²) in [6.45, 7) is 8.48. The molecule has 0 saturated carbocycles. The molecule has 0 N–H and O–H groups in total. The summed E-state index contributed by atoms with van der Waals surface area (Å²) in [7, 11) is 1.66. The zero-order valence-electron chi connectivity index (χ0n) is 12.5. The van der Waals surface area contributed by atoms with Gasteiger partial charge in [0.15, 0.2) is 0 Å². The monoisotopic (exact) mass is 430 g/mol. The second-order valence-corrected chi connectivity index (χ2v) is 12.5. The minimum absolute atomic E-state index is 0.685. The molecule has 0 unspecified atom stereocenters. The van der Waals surface area contributed by atoms with Crippen LogP contribution in [-0.4, -0.2) is 26.9 Å². The third-order valence-corrected chi connectivity index (χ3v) is 10.4. The van der Waals surface area contributed by atoms with Gasteiger partial charge in [-0.1, -0.05) is 0 Å². The molecule has 0 aliphatic heterocycles. The molecule has 0 rings (SSSR count). The van der Waals surface area contributed by atoms with E-state index in [1.807, 2.05) is 0 Å². The van der Waals surface area contributed by atoms with E-state index in [2.05, 4.69) is 20.8 Å². The van der Waals surface area contributed by atoms with Crippen molar-refractivity contribution in [1.82, 2.24) is 0 Å². The van der Waals surface area contributed by atoms with E-state index in [-0.39, 0.29) is 0 Å². The van der Waals surface area contributed by atoms with Crippen molar-refractivity contribution in [3.05, 3.63) is 0 Å². The molecular weight excluding hydrogens is 399 g/mol. The fraction of sp³-hybridized carbons (Fsp3) is 1.00. The van der Waals surface area contributed by atoms with Crippen LogP contribution in [0.2, 0.25) is 0 Å². The van der Waals surface area contributed by atoms with E-state index in [4.69, 9.17) is 11.4 Å². The van der Waals surface area contributed by atoms with Crippen LogP contribution in [-0.2, 0) is 33.1 Å². The van der Waals surface area contributed by atoms with Crippen LogP contribution in [0.3, 0.4) is 0 Å². The molecule has 4 nitrogen and oxygen atoms in total. The maximum absolute atomic E-state index is 5.87. The van der Waals surface area contributed by atoms with Gasteiger partial charge in [-0.3, -0.25) is 0 Å². The molecule has 0 bridgehead atoms. The van der Waals surface area contributed by atoms with Gasteiger partial charge in [0.05, 0.1) is 0 Å². The SMILES string of the molecule is CCCC[O][Hf]([O]C)([O]CCCC)[O]CCCC. The first-order valence-electron chi connectivity index (χ1n) is 7.21. The van der Waals surface area contributed by atoms with E-state index in [0.29, 0.717) is 19.8 Å². The van der Waals surface area contributed by atoms with E-state index >= 15 is 0 Å². The van der Waals surface area contributed by atoms with Gasteiger partial charge in [0.1, 0.15) is 0 Å². The van der Waals surface area contributed by atoms with Gasteiger partial charge in [-0.25, -0.2) is 0 Å². The number of rotatable bonds is 13. The summed E-state index contributed by atoms with van der Waals surface area (Å²) in [5.74, 6) is 0. The molecule has 0 heterocycles. The number of hydrogen-bond donors (Lipinski definition) is 0. The van der Waals surface area contributed by atoms with Crippen LogP contribution in [0.15, 0.2) is 0 Å². The van der Waals surface area contributed by atoms with E-state index in [9.17, 15) is 0 Å². The standard InChI is InChI=1S/3C4H9O.CH3O.Hf/c3*1-2-3-4-5;1-2;/h3*2-4H2,1H3;1H3;/q4*-1;+4. The zero-order valence-corrected chi connectivity index (χ0v) is 16.1. The predicted molar refractivity (Wildman–Crippen MR) is 69.6 cm³/mol. The normalized spacial score (nSPS) is 12.0. The van der Waals surface area contributed by atoms with Crippen LogP contribution >= 0.6 is 0 Å². The van der Waals surface area contributed by atoms with Crippen LogP contribution in [0, 0.1) is 0 Å². The third kappa shape index (κ3) is 8.75. The molecule has 110 valence electrons. The van der Waals surface area contributed by atoms with Crippen molar-refractivity contribution >= 4 is 0 Å². The molecule has 0 spiro atoms. The second kappa shape index (κ2) is 12.7. The fourth-order valence-electron chi connectivity index (χ4n) is 1.33. The molecule has 0 aromatic heterocycles. The fourth-order valence-corrected chi connectivity index (χ4v) is 7.74. The van der Waals surface area contributed by atoms with Gasteiger partial charge >= 0.3 is 119 Å². The topological polar surface area (TPSA) is 36.9 Å². The van der Waals surface area contributed by atoms with Crippen molar-refractivity contribution in [3.8, 4) is 0 Å². The van der Waals surface area contributed by atoms with Crippen molar-refractivity contribution < 1.29 is 33.1 Å². The van der Waals surface area contributed by atoms with Gasteiger partial charge in [0, 0.05) is 0 Å². The molecule has 0 aliphatic rings. The first-order valence-corrected chi connectivity index (χ1v) is 13.1. The van der Waals surface area contributed by atoms with Crippen molar-refractivity contribution in [2.75, 3.05) is 26.9 Å². The minimum atomic E-state index is -3.83. The summed E-state index contributed by atoms with van der Waals surface area (Å²) < 4.78 is 23.1.